The van der Waals surface area contributed by atoms with Gasteiger partial charge in [0.25, 0.3) is 0 Å². The number of rotatable bonds is 6. The van der Waals surface area contributed by atoms with Gasteiger partial charge in [-0.2, -0.15) is 11.8 Å². The summed E-state index contributed by atoms with van der Waals surface area (Å²) < 4.78 is 0. The second-order valence-corrected chi connectivity index (χ2v) is 5.53. The van der Waals surface area contributed by atoms with Gasteiger partial charge in [0, 0.05) is 11.0 Å². The third-order valence-corrected chi connectivity index (χ3v) is 4.37. The number of thioether (sulfide) groups is 1. The van der Waals surface area contributed by atoms with Crippen LogP contribution in [0.15, 0.2) is 12.2 Å². The van der Waals surface area contributed by atoms with Crippen molar-refractivity contribution < 1.29 is 5.11 Å². The number of hydrogen-bond acceptors (Lipinski definition) is 2. The Hall–Kier alpha value is 0.0500. The van der Waals surface area contributed by atoms with Crippen molar-refractivity contribution in [3.8, 4) is 0 Å². The van der Waals surface area contributed by atoms with Crippen molar-refractivity contribution >= 4 is 11.8 Å². The summed E-state index contributed by atoms with van der Waals surface area (Å²) in [7, 11) is 0. The Kier molecular flexibility index (Phi) is 5.64. The van der Waals surface area contributed by atoms with Crippen LogP contribution in [0.4, 0.5) is 0 Å². The predicted molar refractivity (Wildman–Crippen MR) is 64.8 cm³/mol. The summed E-state index contributed by atoms with van der Waals surface area (Å²) in [5.74, 6) is 0.893. The third-order valence-electron chi connectivity index (χ3n) is 2.85. The van der Waals surface area contributed by atoms with E-state index in [-0.39, 0.29) is 6.10 Å². The molecule has 0 spiro atoms. The zero-order chi connectivity index (χ0) is 10.4. The van der Waals surface area contributed by atoms with E-state index in [4.69, 9.17) is 0 Å². The highest BCUT2D eigenvalue weighted by atomic mass is 32.2. The monoisotopic (exact) mass is 214 g/mol. The fourth-order valence-corrected chi connectivity index (χ4v) is 3.12. The van der Waals surface area contributed by atoms with Crippen molar-refractivity contribution in [3.05, 3.63) is 12.2 Å². The van der Waals surface area contributed by atoms with E-state index >= 15 is 0 Å². The average molecular weight is 214 g/mol. The SMILES string of the molecule is C=C(CC)CC(O)CSC1CCCC1. The molecule has 1 atom stereocenters. The molecule has 0 aromatic heterocycles. The average Bonchev–Trinajstić information content (AvgIpc) is 2.67. The Balaban J connectivity index is 2.07. The summed E-state index contributed by atoms with van der Waals surface area (Å²) >= 11 is 1.95. The molecule has 1 aliphatic rings. The van der Waals surface area contributed by atoms with Gasteiger partial charge in [0.2, 0.25) is 0 Å². The maximum Gasteiger partial charge on any atom is 0.0667 e. The zero-order valence-corrected chi connectivity index (χ0v) is 9.98. The van der Waals surface area contributed by atoms with Crippen molar-refractivity contribution in [3.63, 3.8) is 0 Å². The fraction of sp³-hybridized carbons (Fsp3) is 0.833. The lowest BCUT2D eigenvalue weighted by atomic mass is 10.1. The van der Waals surface area contributed by atoms with Crippen LogP contribution in [-0.2, 0) is 0 Å². The molecule has 0 aromatic carbocycles. The summed E-state index contributed by atoms with van der Waals surface area (Å²) in [5, 5.41) is 10.5. The topological polar surface area (TPSA) is 20.2 Å². The van der Waals surface area contributed by atoms with Crippen LogP contribution in [0.1, 0.15) is 45.4 Å². The molecule has 0 aliphatic heterocycles. The quantitative estimate of drug-likeness (QED) is 0.684. The smallest absolute Gasteiger partial charge is 0.0667 e. The van der Waals surface area contributed by atoms with Crippen molar-refractivity contribution in [2.75, 3.05) is 5.75 Å². The van der Waals surface area contributed by atoms with Gasteiger partial charge in [-0.15, -0.1) is 0 Å². The van der Waals surface area contributed by atoms with Crippen LogP contribution in [-0.4, -0.2) is 22.2 Å². The lowest BCUT2D eigenvalue weighted by Gasteiger charge is -2.14. The molecule has 0 amide bonds. The maximum atomic E-state index is 9.73. The van der Waals surface area contributed by atoms with Crippen molar-refractivity contribution in [2.45, 2.75) is 56.8 Å². The molecule has 2 heteroatoms. The van der Waals surface area contributed by atoms with Crippen LogP contribution >= 0.6 is 11.8 Å². The number of aliphatic hydroxyl groups excluding tert-OH is 1. The molecule has 1 N–H and O–H groups in total. The highest BCUT2D eigenvalue weighted by Gasteiger charge is 2.16. The molecule has 0 bridgehead atoms. The molecule has 0 aromatic rings. The van der Waals surface area contributed by atoms with Gasteiger partial charge in [-0.25, -0.2) is 0 Å². The minimum Gasteiger partial charge on any atom is -0.392 e. The van der Waals surface area contributed by atoms with Crippen LogP contribution < -0.4 is 0 Å². The van der Waals surface area contributed by atoms with E-state index in [1.807, 2.05) is 11.8 Å². The van der Waals surface area contributed by atoms with E-state index in [0.717, 1.165) is 23.8 Å². The molecular formula is C12H22OS. The third kappa shape index (κ3) is 4.52. The Morgan fingerprint density at radius 2 is 2.14 bits per heavy atom. The predicted octanol–water partition coefficient (Wildman–Crippen LogP) is 3.38. The molecular weight excluding hydrogens is 192 g/mol. The first-order valence-electron chi connectivity index (χ1n) is 5.68. The number of aliphatic hydroxyl groups is 1. The highest BCUT2D eigenvalue weighted by molar-refractivity contribution is 7.99. The minimum atomic E-state index is -0.173. The standard InChI is InChI=1S/C12H22OS/c1-3-10(2)8-11(13)9-14-12-6-4-5-7-12/h11-13H,2-9H2,1H3. The molecule has 0 radical (unpaired) electrons. The molecule has 1 saturated carbocycles. The Morgan fingerprint density at radius 3 is 2.71 bits per heavy atom. The van der Waals surface area contributed by atoms with Gasteiger partial charge < -0.3 is 5.11 Å². The van der Waals surface area contributed by atoms with Crippen LogP contribution in [0.3, 0.4) is 0 Å². The molecule has 1 aliphatic carbocycles. The molecule has 1 nitrogen and oxygen atoms in total. The summed E-state index contributed by atoms with van der Waals surface area (Å²) in [4.78, 5) is 0. The van der Waals surface area contributed by atoms with Crippen LogP contribution in [0.25, 0.3) is 0 Å². The van der Waals surface area contributed by atoms with E-state index in [1.54, 1.807) is 0 Å². The lowest BCUT2D eigenvalue weighted by Crippen LogP contribution is -2.13. The Morgan fingerprint density at radius 1 is 1.50 bits per heavy atom. The lowest BCUT2D eigenvalue weighted by molar-refractivity contribution is 0.199. The molecule has 0 saturated heterocycles. The van der Waals surface area contributed by atoms with E-state index in [2.05, 4.69) is 13.5 Å². The number of hydrogen-bond donors (Lipinski definition) is 1. The van der Waals surface area contributed by atoms with Gasteiger partial charge >= 0.3 is 0 Å². The molecule has 0 heterocycles. The van der Waals surface area contributed by atoms with Gasteiger partial charge in [-0.05, 0) is 25.7 Å². The zero-order valence-electron chi connectivity index (χ0n) is 9.17. The Bertz CT molecular complexity index is 173. The van der Waals surface area contributed by atoms with E-state index < -0.39 is 0 Å². The molecule has 1 fully saturated rings. The van der Waals surface area contributed by atoms with Crippen LogP contribution in [0.2, 0.25) is 0 Å². The molecule has 82 valence electrons. The van der Waals surface area contributed by atoms with Gasteiger partial charge in [0.05, 0.1) is 6.10 Å². The van der Waals surface area contributed by atoms with Crippen LogP contribution in [0.5, 0.6) is 0 Å². The summed E-state index contributed by atoms with van der Waals surface area (Å²) in [6.45, 7) is 6.02. The largest absolute Gasteiger partial charge is 0.392 e. The van der Waals surface area contributed by atoms with Gasteiger partial charge in [0.1, 0.15) is 0 Å². The van der Waals surface area contributed by atoms with Gasteiger partial charge in [0.15, 0.2) is 0 Å². The van der Waals surface area contributed by atoms with E-state index in [9.17, 15) is 5.11 Å². The minimum absolute atomic E-state index is 0.173. The van der Waals surface area contributed by atoms with Crippen molar-refractivity contribution in [1.82, 2.24) is 0 Å². The first kappa shape index (κ1) is 12.1. The maximum absolute atomic E-state index is 9.73. The highest BCUT2D eigenvalue weighted by Crippen LogP contribution is 2.30. The van der Waals surface area contributed by atoms with E-state index in [0.29, 0.717) is 0 Å². The van der Waals surface area contributed by atoms with Gasteiger partial charge in [-0.3, -0.25) is 0 Å². The first-order chi connectivity index (χ1) is 6.72. The summed E-state index contributed by atoms with van der Waals surface area (Å²) in [5.41, 5.74) is 1.17. The van der Waals surface area contributed by atoms with Crippen molar-refractivity contribution in [1.29, 1.82) is 0 Å². The molecule has 1 rings (SSSR count). The summed E-state index contributed by atoms with van der Waals surface area (Å²) in [6, 6.07) is 0. The molecule has 1 unspecified atom stereocenters. The second-order valence-electron chi connectivity index (χ2n) is 4.20. The Labute approximate surface area is 92.0 Å². The van der Waals surface area contributed by atoms with Crippen molar-refractivity contribution in [2.24, 2.45) is 0 Å². The summed E-state index contributed by atoms with van der Waals surface area (Å²) in [6.07, 6.45) is 7.08. The van der Waals surface area contributed by atoms with E-state index in [1.165, 1.54) is 31.3 Å². The fourth-order valence-electron chi connectivity index (χ4n) is 1.84. The van der Waals surface area contributed by atoms with Crippen LogP contribution in [0, 0.1) is 0 Å². The second kappa shape index (κ2) is 6.52. The normalized spacial score (nSPS) is 19.9. The first-order valence-corrected chi connectivity index (χ1v) is 6.73. The molecule has 14 heavy (non-hydrogen) atoms. The van der Waals surface area contributed by atoms with Gasteiger partial charge in [-0.1, -0.05) is 31.9 Å².